The van der Waals surface area contributed by atoms with Gasteiger partial charge in [0.1, 0.15) is 12.2 Å². The predicted molar refractivity (Wildman–Crippen MR) is 114 cm³/mol. The number of ether oxygens (including phenoxy) is 4. The van der Waals surface area contributed by atoms with Crippen molar-refractivity contribution in [2.45, 2.75) is 43.6 Å². The number of aliphatic carboxylic acids is 1. The van der Waals surface area contributed by atoms with Gasteiger partial charge in [0.25, 0.3) is 0 Å². The lowest BCUT2D eigenvalue weighted by molar-refractivity contribution is -0.137. The second-order valence-corrected chi connectivity index (χ2v) is 8.10. The van der Waals surface area contributed by atoms with E-state index in [9.17, 15) is 9.59 Å². The summed E-state index contributed by atoms with van der Waals surface area (Å²) in [6, 6.07) is 7.02. The second kappa shape index (κ2) is 9.20. The number of amides is 1. The first-order valence-corrected chi connectivity index (χ1v) is 10.8. The van der Waals surface area contributed by atoms with E-state index < -0.39 is 5.97 Å². The molecular formula is C22H24N4O7. The molecule has 1 amide bonds. The number of rotatable bonds is 8. The van der Waals surface area contributed by atoms with Crippen LogP contribution in [-0.2, 0) is 19.1 Å². The zero-order valence-electron chi connectivity index (χ0n) is 17.7. The van der Waals surface area contributed by atoms with Crippen LogP contribution in [-0.4, -0.2) is 71.2 Å². The Morgan fingerprint density at radius 3 is 2.67 bits per heavy atom. The minimum Gasteiger partial charge on any atom is -0.481 e. The van der Waals surface area contributed by atoms with Gasteiger partial charge in [-0.25, -0.2) is 9.97 Å². The highest BCUT2D eigenvalue weighted by atomic mass is 16.7. The first-order valence-electron chi connectivity index (χ1n) is 10.8. The van der Waals surface area contributed by atoms with Gasteiger partial charge in [0, 0.05) is 24.6 Å². The molecule has 0 spiro atoms. The molecule has 0 unspecified atom stereocenters. The lowest BCUT2D eigenvalue weighted by Gasteiger charge is -2.18. The van der Waals surface area contributed by atoms with Gasteiger partial charge in [-0.15, -0.1) is 0 Å². The van der Waals surface area contributed by atoms with Crippen molar-refractivity contribution in [1.82, 2.24) is 15.3 Å². The van der Waals surface area contributed by atoms with Crippen LogP contribution in [0.15, 0.2) is 30.5 Å². The average molecular weight is 456 g/mol. The third-order valence-corrected chi connectivity index (χ3v) is 5.83. The number of hydrogen-bond donors (Lipinski definition) is 3. The Hall–Kier alpha value is -3.44. The van der Waals surface area contributed by atoms with Crippen LogP contribution in [0.2, 0.25) is 0 Å². The highest BCUT2D eigenvalue weighted by Crippen LogP contribution is 2.35. The van der Waals surface area contributed by atoms with Crippen molar-refractivity contribution in [3.8, 4) is 22.8 Å². The molecular weight excluding hydrogens is 432 g/mol. The van der Waals surface area contributed by atoms with E-state index in [4.69, 9.17) is 24.1 Å². The van der Waals surface area contributed by atoms with E-state index in [1.807, 2.05) is 24.3 Å². The van der Waals surface area contributed by atoms with Crippen molar-refractivity contribution in [2.24, 2.45) is 0 Å². The molecule has 0 bridgehead atoms. The molecule has 3 N–H and O–H groups in total. The lowest BCUT2D eigenvalue weighted by Crippen LogP contribution is -2.44. The Bertz CT molecular complexity index is 1050. The topological polar surface area (TPSA) is 141 Å². The molecule has 11 nitrogen and oxygen atoms in total. The summed E-state index contributed by atoms with van der Waals surface area (Å²) in [6.07, 6.45) is 1.55. The lowest BCUT2D eigenvalue weighted by atomic mass is 10.1. The van der Waals surface area contributed by atoms with Crippen LogP contribution in [0.25, 0.3) is 11.3 Å². The van der Waals surface area contributed by atoms with Gasteiger partial charge in [-0.1, -0.05) is 0 Å². The van der Waals surface area contributed by atoms with E-state index in [2.05, 4.69) is 20.6 Å². The molecule has 3 aliphatic rings. The molecule has 174 valence electrons. The van der Waals surface area contributed by atoms with Crippen molar-refractivity contribution in [2.75, 3.05) is 25.3 Å². The molecule has 0 radical (unpaired) electrons. The summed E-state index contributed by atoms with van der Waals surface area (Å²) < 4.78 is 22.6. The fourth-order valence-corrected chi connectivity index (χ4v) is 4.24. The molecule has 3 aliphatic heterocycles. The normalized spacial score (nSPS) is 25.0. The van der Waals surface area contributed by atoms with Crippen molar-refractivity contribution in [3.63, 3.8) is 0 Å². The maximum Gasteiger partial charge on any atom is 0.303 e. The summed E-state index contributed by atoms with van der Waals surface area (Å²) in [7, 11) is 0. The molecule has 1 aromatic carbocycles. The zero-order valence-corrected chi connectivity index (χ0v) is 17.7. The number of carboxylic acids is 1. The molecule has 4 heterocycles. The number of anilines is 1. The van der Waals surface area contributed by atoms with Crippen molar-refractivity contribution in [3.05, 3.63) is 30.5 Å². The number of hydrogen-bond acceptors (Lipinski definition) is 9. The predicted octanol–water partition coefficient (Wildman–Crippen LogP) is 1.19. The number of carbonyl (C=O) groups excluding carboxylic acids is 1. The quantitative estimate of drug-likeness (QED) is 0.530. The average Bonchev–Trinajstić information content (AvgIpc) is 3.52. The van der Waals surface area contributed by atoms with E-state index in [0.717, 1.165) is 11.3 Å². The van der Waals surface area contributed by atoms with E-state index in [-0.39, 0.29) is 49.8 Å². The maximum atomic E-state index is 12.1. The first kappa shape index (κ1) is 21.4. The van der Waals surface area contributed by atoms with E-state index in [1.54, 1.807) is 6.20 Å². The smallest absolute Gasteiger partial charge is 0.303 e. The Balaban J connectivity index is 1.19. The number of nitrogens with zero attached hydrogens (tertiary/aromatic N) is 2. The summed E-state index contributed by atoms with van der Waals surface area (Å²) >= 11 is 0. The van der Waals surface area contributed by atoms with Crippen LogP contribution < -0.4 is 20.1 Å². The molecule has 0 saturated carbocycles. The molecule has 33 heavy (non-hydrogen) atoms. The molecule has 1 aromatic heterocycles. The van der Waals surface area contributed by atoms with Crippen molar-refractivity contribution < 1.29 is 33.6 Å². The highest BCUT2D eigenvalue weighted by Gasteiger charge is 2.48. The molecule has 0 aliphatic carbocycles. The number of carboxylic acid groups (broad SMARTS) is 1. The molecule has 2 saturated heterocycles. The van der Waals surface area contributed by atoms with Crippen LogP contribution in [0.1, 0.15) is 19.3 Å². The Labute approximate surface area is 189 Å². The standard InChI is InChI=1S/C22H24N4O7/c27-18(2-1-3-19(28)29)24-14-9-30-21-15(10-31-20(14)21)26-22-23-7-6-13(25-22)12-4-5-16-17(8-12)33-11-32-16/h4-8,14-15,20-21H,1-3,9-11H2,(H,24,27)(H,28,29)(H,23,25,26)/t14-,15-,20+,21+/m0/s1. The van der Waals surface area contributed by atoms with Gasteiger partial charge >= 0.3 is 5.97 Å². The molecule has 5 rings (SSSR count). The fourth-order valence-electron chi connectivity index (χ4n) is 4.24. The summed E-state index contributed by atoms with van der Waals surface area (Å²) in [4.78, 5) is 31.7. The molecule has 2 fully saturated rings. The van der Waals surface area contributed by atoms with Gasteiger partial charge in [0.05, 0.1) is 31.0 Å². The van der Waals surface area contributed by atoms with E-state index in [1.165, 1.54) is 0 Å². The fraction of sp³-hybridized carbons (Fsp3) is 0.455. The number of aromatic nitrogens is 2. The molecule has 11 heteroatoms. The summed E-state index contributed by atoms with van der Waals surface area (Å²) in [5.74, 6) is 0.727. The van der Waals surface area contributed by atoms with Gasteiger partial charge in [-0.3, -0.25) is 9.59 Å². The number of fused-ring (bicyclic) bond motifs is 2. The Morgan fingerprint density at radius 2 is 1.82 bits per heavy atom. The monoisotopic (exact) mass is 456 g/mol. The van der Waals surface area contributed by atoms with E-state index in [0.29, 0.717) is 37.1 Å². The third-order valence-electron chi connectivity index (χ3n) is 5.83. The van der Waals surface area contributed by atoms with Gasteiger partial charge in [-0.05, 0) is 30.7 Å². The maximum absolute atomic E-state index is 12.1. The van der Waals surface area contributed by atoms with Crippen molar-refractivity contribution in [1.29, 1.82) is 0 Å². The summed E-state index contributed by atoms with van der Waals surface area (Å²) in [5.41, 5.74) is 1.62. The molecule has 4 atom stereocenters. The van der Waals surface area contributed by atoms with Gasteiger partial charge in [0.15, 0.2) is 11.5 Å². The number of benzene rings is 1. The summed E-state index contributed by atoms with van der Waals surface area (Å²) in [6.45, 7) is 0.929. The number of nitrogens with one attached hydrogen (secondary N) is 2. The highest BCUT2D eigenvalue weighted by molar-refractivity contribution is 5.77. The largest absolute Gasteiger partial charge is 0.481 e. The van der Waals surface area contributed by atoms with E-state index >= 15 is 0 Å². The van der Waals surface area contributed by atoms with Crippen LogP contribution in [0.4, 0.5) is 5.95 Å². The number of carbonyl (C=O) groups is 2. The van der Waals surface area contributed by atoms with Gasteiger partial charge in [0.2, 0.25) is 18.6 Å². The SMILES string of the molecule is O=C(O)CCCC(=O)N[C@H]1CO[C@H]2[C@@H]1OC[C@@H]2Nc1nccc(-c2ccc3c(c2)OCO3)n1. The summed E-state index contributed by atoms with van der Waals surface area (Å²) in [5, 5.41) is 14.9. The Kier molecular flexibility index (Phi) is 5.97. The minimum absolute atomic E-state index is 0.0333. The first-order chi connectivity index (χ1) is 16.1. The third kappa shape index (κ3) is 4.69. The zero-order chi connectivity index (χ0) is 22.8. The van der Waals surface area contributed by atoms with Crippen LogP contribution >= 0.6 is 0 Å². The van der Waals surface area contributed by atoms with Crippen LogP contribution in [0, 0.1) is 0 Å². The van der Waals surface area contributed by atoms with Crippen molar-refractivity contribution >= 4 is 17.8 Å². The molecule has 2 aromatic rings. The Morgan fingerprint density at radius 1 is 1.03 bits per heavy atom. The van der Waals surface area contributed by atoms with Crippen LogP contribution in [0.5, 0.6) is 11.5 Å². The second-order valence-electron chi connectivity index (χ2n) is 8.10. The minimum atomic E-state index is -0.912. The van der Waals surface area contributed by atoms with Gasteiger partial charge in [-0.2, -0.15) is 0 Å². The van der Waals surface area contributed by atoms with Crippen LogP contribution in [0.3, 0.4) is 0 Å². The van der Waals surface area contributed by atoms with Gasteiger partial charge < -0.3 is 34.7 Å².